The fourth-order valence-electron chi connectivity index (χ4n) is 1.99. The molecule has 0 saturated heterocycles. The minimum atomic E-state index is -0.449. The average molecular weight is 244 g/mol. The van der Waals surface area contributed by atoms with Gasteiger partial charge in [0.2, 0.25) is 0 Å². The lowest BCUT2D eigenvalue weighted by molar-refractivity contribution is 0.152. The molecule has 3 heteroatoms. The molecule has 0 spiro atoms. The molecule has 0 fully saturated rings. The molecule has 1 atom stereocenters. The predicted octanol–water partition coefficient (Wildman–Crippen LogP) is 3.34. The van der Waals surface area contributed by atoms with Gasteiger partial charge in [0.15, 0.2) is 0 Å². The van der Waals surface area contributed by atoms with Crippen molar-refractivity contribution in [2.45, 2.75) is 32.8 Å². The third kappa shape index (κ3) is 2.99. The highest BCUT2D eigenvalue weighted by molar-refractivity contribution is 5.32. The Balaban J connectivity index is 2.17. The Bertz CT molecular complexity index is 476. The lowest BCUT2D eigenvalue weighted by atomic mass is 10.0. The van der Waals surface area contributed by atoms with Crippen LogP contribution in [0.3, 0.4) is 0 Å². The second-order valence-corrected chi connectivity index (χ2v) is 4.99. The minimum absolute atomic E-state index is 0.449. The van der Waals surface area contributed by atoms with E-state index < -0.39 is 6.10 Å². The van der Waals surface area contributed by atoms with Crippen LogP contribution in [0.2, 0.25) is 0 Å². The van der Waals surface area contributed by atoms with E-state index in [1.807, 2.05) is 41.1 Å². The number of para-hydroxylation sites is 1. The molecule has 2 rings (SSSR count). The van der Waals surface area contributed by atoms with Crippen LogP contribution in [0.5, 0.6) is 0 Å². The van der Waals surface area contributed by atoms with Crippen LogP contribution in [0.1, 0.15) is 38.5 Å². The smallest absolute Gasteiger partial charge is 0.0961 e. The monoisotopic (exact) mass is 244 g/mol. The van der Waals surface area contributed by atoms with Crippen LogP contribution < -0.4 is 0 Å². The summed E-state index contributed by atoms with van der Waals surface area (Å²) in [5.74, 6) is 0.604. The van der Waals surface area contributed by atoms with E-state index in [0.29, 0.717) is 5.92 Å². The number of hydrogen-bond acceptors (Lipinski definition) is 2. The number of benzene rings is 1. The lowest BCUT2D eigenvalue weighted by Crippen LogP contribution is -2.08. The SMILES string of the molecule is CC(C)CCC(O)c1ccnn1-c1ccccc1. The van der Waals surface area contributed by atoms with Crippen molar-refractivity contribution in [1.29, 1.82) is 0 Å². The molecular weight excluding hydrogens is 224 g/mol. The maximum Gasteiger partial charge on any atom is 0.0961 e. The van der Waals surface area contributed by atoms with Crippen LogP contribution in [0, 0.1) is 5.92 Å². The van der Waals surface area contributed by atoms with Gasteiger partial charge in [-0.2, -0.15) is 5.10 Å². The van der Waals surface area contributed by atoms with Gasteiger partial charge in [-0.3, -0.25) is 0 Å². The molecule has 0 radical (unpaired) electrons. The van der Waals surface area contributed by atoms with Crippen LogP contribution in [-0.4, -0.2) is 14.9 Å². The summed E-state index contributed by atoms with van der Waals surface area (Å²) in [5, 5.41) is 14.5. The third-order valence-electron chi connectivity index (χ3n) is 3.03. The van der Waals surface area contributed by atoms with Crippen molar-refractivity contribution in [2.24, 2.45) is 5.92 Å². The first kappa shape index (κ1) is 12.8. The van der Waals surface area contributed by atoms with Crippen molar-refractivity contribution in [1.82, 2.24) is 9.78 Å². The van der Waals surface area contributed by atoms with Gasteiger partial charge in [-0.1, -0.05) is 32.0 Å². The Morgan fingerprint density at radius 1 is 1.11 bits per heavy atom. The van der Waals surface area contributed by atoms with E-state index in [1.165, 1.54) is 0 Å². The molecule has 96 valence electrons. The molecule has 0 aliphatic rings. The van der Waals surface area contributed by atoms with Crippen LogP contribution in [0.4, 0.5) is 0 Å². The summed E-state index contributed by atoms with van der Waals surface area (Å²) >= 11 is 0. The fourth-order valence-corrected chi connectivity index (χ4v) is 1.99. The quantitative estimate of drug-likeness (QED) is 0.876. The van der Waals surface area contributed by atoms with Crippen molar-refractivity contribution in [2.75, 3.05) is 0 Å². The zero-order chi connectivity index (χ0) is 13.0. The standard InChI is InChI=1S/C15H20N2O/c1-12(2)8-9-15(18)14-10-11-16-17(14)13-6-4-3-5-7-13/h3-7,10-12,15,18H,8-9H2,1-2H3. The molecule has 1 aromatic heterocycles. The summed E-state index contributed by atoms with van der Waals surface area (Å²) in [6.07, 6.45) is 3.08. The summed E-state index contributed by atoms with van der Waals surface area (Å²) in [7, 11) is 0. The van der Waals surface area contributed by atoms with E-state index in [4.69, 9.17) is 0 Å². The summed E-state index contributed by atoms with van der Waals surface area (Å²) in [6, 6.07) is 11.8. The van der Waals surface area contributed by atoms with E-state index in [-0.39, 0.29) is 0 Å². The topological polar surface area (TPSA) is 38.1 Å². The predicted molar refractivity (Wildman–Crippen MR) is 72.6 cm³/mol. The fraction of sp³-hybridized carbons (Fsp3) is 0.400. The highest BCUT2D eigenvalue weighted by Crippen LogP contribution is 2.22. The summed E-state index contributed by atoms with van der Waals surface area (Å²) < 4.78 is 1.81. The molecule has 2 aromatic rings. The van der Waals surface area contributed by atoms with E-state index in [2.05, 4.69) is 18.9 Å². The molecule has 0 aliphatic heterocycles. The van der Waals surface area contributed by atoms with Crippen LogP contribution in [0.25, 0.3) is 5.69 Å². The van der Waals surface area contributed by atoms with E-state index in [9.17, 15) is 5.11 Å². The zero-order valence-electron chi connectivity index (χ0n) is 11.0. The van der Waals surface area contributed by atoms with Gasteiger partial charge in [-0.15, -0.1) is 0 Å². The van der Waals surface area contributed by atoms with Gasteiger partial charge in [0, 0.05) is 6.20 Å². The van der Waals surface area contributed by atoms with E-state index in [0.717, 1.165) is 24.2 Å². The van der Waals surface area contributed by atoms with Gasteiger partial charge in [-0.25, -0.2) is 4.68 Å². The highest BCUT2D eigenvalue weighted by Gasteiger charge is 2.14. The maximum atomic E-state index is 10.2. The van der Waals surface area contributed by atoms with Crippen LogP contribution >= 0.6 is 0 Å². The first-order valence-electron chi connectivity index (χ1n) is 6.46. The summed E-state index contributed by atoms with van der Waals surface area (Å²) in [5.41, 5.74) is 1.85. The van der Waals surface area contributed by atoms with E-state index in [1.54, 1.807) is 6.20 Å². The minimum Gasteiger partial charge on any atom is -0.387 e. The first-order valence-corrected chi connectivity index (χ1v) is 6.46. The maximum absolute atomic E-state index is 10.2. The van der Waals surface area contributed by atoms with Gasteiger partial charge >= 0.3 is 0 Å². The largest absolute Gasteiger partial charge is 0.387 e. The molecule has 3 nitrogen and oxygen atoms in total. The Morgan fingerprint density at radius 2 is 1.83 bits per heavy atom. The lowest BCUT2D eigenvalue weighted by Gasteiger charge is -2.14. The molecule has 18 heavy (non-hydrogen) atoms. The Kier molecular flexibility index (Phi) is 4.15. The normalized spacial score (nSPS) is 12.9. The summed E-state index contributed by atoms with van der Waals surface area (Å²) in [6.45, 7) is 4.34. The van der Waals surface area contributed by atoms with Crippen molar-refractivity contribution in [3.63, 3.8) is 0 Å². The molecule has 0 amide bonds. The van der Waals surface area contributed by atoms with Crippen molar-refractivity contribution in [3.8, 4) is 5.69 Å². The molecular formula is C15H20N2O. The Morgan fingerprint density at radius 3 is 2.50 bits per heavy atom. The molecule has 1 aromatic carbocycles. The molecule has 0 saturated carbocycles. The summed E-state index contributed by atoms with van der Waals surface area (Å²) in [4.78, 5) is 0. The zero-order valence-corrected chi connectivity index (χ0v) is 11.0. The third-order valence-corrected chi connectivity index (χ3v) is 3.03. The van der Waals surface area contributed by atoms with Crippen LogP contribution in [-0.2, 0) is 0 Å². The molecule has 1 heterocycles. The number of nitrogens with zero attached hydrogens (tertiary/aromatic N) is 2. The second kappa shape index (κ2) is 5.83. The number of aliphatic hydroxyl groups is 1. The molecule has 1 N–H and O–H groups in total. The number of aromatic nitrogens is 2. The van der Waals surface area contributed by atoms with Gasteiger partial charge < -0.3 is 5.11 Å². The van der Waals surface area contributed by atoms with Crippen molar-refractivity contribution >= 4 is 0 Å². The van der Waals surface area contributed by atoms with Crippen molar-refractivity contribution < 1.29 is 5.11 Å². The molecule has 0 bridgehead atoms. The Labute approximate surface area is 108 Å². The van der Waals surface area contributed by atoms with Gasteiger partial charge in [0.25, 0.3) is 0 Å². The molecule has 1 unspecified atom stereocenters. The molecule has 0 aliphatic carbocycles. The first-order chi connectivity index (χ1) is 8.68. The van der Waals surface area contributed by atoms with E-state index >= 15 is 0 Å². The van der Waals surface area contributed by atoms with Crippen LogP contribution in [0.15, 0.2) is 42.6 Å². The van der Waals surface area contributed by atoms with Gasteiger partial charge in [0.05, 0.1) is 17.5 Å². The van der Waals surface area contributed by atoms with Gasteiger partial charge in [0.1, 0.15) is 0 Å². The number of hydrogen-bond donors (Lipinski definition) is 1. The Hall–Kier alpha value is -1.61. The van der Waals surface area contributed by atoms with Crippen molar-refractivity contribution in [3.05, 3.63) is 48.3 Å². The van der Waals surface area contributed by atoms with Gasteiger partial charge in [-0.05, 0) is 37.0 Å². The number of aliphatic hydroxyl groups excluding tert-OH is 1. The average Bonchev–Trinajstić information content (AvgIpc) is 2.86. The number of rotatable bonds is 5. The highest BCUT2D eigenvalue weighted by atomic mass is 16.3. The second-order valence-electron chi connectivity index (χ2n) is 4.99.